The molecule has 3 heterocycles. The molecule has 0 radical (unpaired) electrons. The first-order valence-corrected chi connectivity index (χ1v) is 8.43. The molecule has 1 saturated heterocycles. The van der Waals surface area contributed by atoms with E-state index in [1.807, 2.05) is 46.1 Å². The highest BCUT2D eigenvalue weighted by Gasteiger charge is 2.28. The standard InChI is InChI=1S/C17H19N7O/c25-17(14-5-3-7-15(11-14)24-13-18-20-21-24)23-10-2-1-6-16(23)12-22-9-4-8-19-22/h3-5,7-9,11,13,16H,1-2,6,10,12H2/t16-/m1/s1. The van der Waals surface area contributed by atoms with Crippen LogP contribution in [0.3, 0.4) is 0 Å². The van der Waals surface area contributed by atoms with Crippen molar-refractivity contribution in [2.45, 2.75) is 31.8 Å². The van der Waals surface area contributed by atoms with E-state index >= 15 is 0 Å². The number of benzene rings is 1. The van der Waals surface area contributed by atoms with Gasteiger partial charge in [0.05, 0.1) is 18.3 Å². The van der Waals surface area contributed by atoms with Crippen molar-refractivity contribution in [1.29, 1.82) is 0 Å². The number of piperidine rings is 1. The minimum atomic E-state index is 0.0479. The number of likely N-dealkylation sites (tertiary alicyclic amines) is 1. The molecule has 8 heteroatoms. The van der Waals surface area contributed by atoms with E-state index in [0.29, 0.717) is 5.56 Å². The maximum Gasteiger partial charge on any atom is 0.254 e. The third kappa shape index (κ3) is 3.28. The monoisotopic (exact) mass is 337 g/mol. The molecule has 1 atom stereocenters. The van der Waals surface area contributed by atoms with Crippen molar-refractivity contribution in [1.82, 2.24) is 34.9 Å². The molecule has 4 rings (SSSR count). The van der Waals surface area contributed by atoms with Gasteiger partial charge in [0.15, 0.2) is 0 Å². The Balaban J connectivity index is 1.57. The van der Waals surface area contributed by atoms with Crippen LogP contribution in [-0.4, -0.2) is 53.4 Å². The minimum Gasteiger partial charge on any atom is -0.334 e. The van der Waals surface area contributed by atoms with Crippen LogP contribution in [0.25, 0.3) is 5.69 Å². The van der Waals surface area contributed by atoms with Crippen molar-refractivity contribution < 1.29 is 4.79 Å². The molecule has 0 saturated carbocycles. The third-order valence-electron chi connectivity index (χ3n) is 4.55. The van der Waals surface area contributed by atoms with Gasteiger partial charge in [-0.3, -0.25) is 9.48 Å². The predicted molar refractivity (Wildman–Crippen MR) is 90.1 cm³/mol. The van der Waals surface area contributed by atoms with Gasteiger partial charge in [0, 0.05) is 24.5 Å². The van der Waals surface area contributed by atoms with Crippen LogP contribution in [0.1, 0.15) is 29.6 Å². The fraction of sp³-hybridized carbons (Fsp3) is 0.353. The average Bonchev–Trinajstić information content (AvgIpc) is 3.36. The summed E-state index contributed by atoms with van der Waals surface area (Å²) in [7, 11) is 0. The highest BCUT2D eigenvalue weighted by Crippen LogP contribution is 2.22. The van der Waals surface area contributed by atoms with Crippen LogP contribution in [0.4, 0.5) is 0 Å². The molecule has 1 amide bonds. The van der Waals surface area contributed by atoms with Gasteiger partial charge in [-0.25, -0.2) is 4.68 Å². The zero-order chi connectivity index (χ0) is 17.1. The SMILES string of the molecule is O=C(c1cccc(-n2cnnn2)c1)N1CCCC[C@@H]1Cn1cccn1. The van der Waals surface area contributed by atoms with Gasteiger partial charge in [0.1, 0.15) is 6.33 Å². The van der Waals surface area contributed by atoms with Gasteiger partial charge in [-0.1, -0.05) is 6.07 Å². The molecule has 128 valence electrons. The van der Waals surface area contributed by atoms with Crippen molar-refractivity contribution in [3.63, 3.8) is 0 Å². The molecule has 1 aliphatic rings. The second-order valence-electron chi connectivity index (χ2n) is 6.18. The Bertz CT molecular complexity index is 829. The van der Waals surface area contributed by atoms with E-state index in [9.17, 15) is 4.79 Å². The molecule has 0 aliphatic carbocycles. The van der Waals surface area contributed by atoms with Gasteiger partial charge in [0.2, 0.25) is 0 Å². The summed E-state index contributed by atoms with van der Waals surface area (Å²) in [4.78, 5) is 15.1. The quantitative estimate of drug-likeness (QED) is 0.721. The Labute approximate surface area is 145 Å². The van der Waals surface area contributed by atoms with E-state index in [1.165, 1.54) is 6.33 Å². The fourth-order valence-corrected chi connectivity index (χ4v) is 3.31. The molecule has 0 bridgehead atoms. The van der Waals surface area contributed by atoms with Crippen LogP contribution >= 0.6 is 0 Å². The average molecular weight is 337 g/mol. The molecular formula is C17H19N7O. The number of tetrazole rings is 1. The molecule has 0 unspecified atom stereocenters. The van der Waals surface area contributed by atoms with Crippen molar-refractivity contribution in [2.75, 3.05) is 6.54 Å². The summed E-state index contributed by atoms with van der Waals surface area (Å²) in [5.74, 6) is 0.0479. The van der Waals surface area contributed by atoms with Crippen LogP contribution in [-0.2, 0) is 6.54 Å². The molecule has 3 aromatic rings. The maximum absolute atomic E-state index is 13.1. The molecule has 1 aromatic carbocycles. The van der Waals surface area contributed by atoms with Gasteiger partial charge in [-0.05, 0) is 54.0 Å². The summed E-state index contributed by atoms with van der Waals surface area (Å²) in [6.45, 7) is 1.51. The zero-order valence-electron chi connectivity index (χ0n) is 13.8. The van der Waals surface area contributed by atoms with Gasteiger partial charge < -0.3 is 4.90 Å². The summed E-state index contributed by atoms with van der Waals surface area (Å²) in [6.07, 6.45) is 8.40. The van der Waals surface area contributed by atoms with Gasteiger partial charge in [-0.15, -0.1) is 5.10 Å². The Morgan fingerprint density at radius 1 is 1.24 bits per heavy atom. The number of amides is 1. The summed E-state index contributed by atoms with van der Waals surface area (Å²) in [5, 5.41) is 15.4. The zero-order valence-corrected chi connectivity index (χ0v) is 13.8. The topological polar surface area (TPSA) is 81.7 Å². The normalized spacial score (nSPS) is 17.6. The van der Waals surface area contributed by atoms with E-state index in [-0.39, 0.29) is 11.9 Å². The first-order chi connectivity index (χ1) is 12.3. The summed E-state index contributed by atoms with van der Waals surface area (Å²) >= 11 is 0. The second kappa shape index (κ2) is 6.84. The van der Waals surface area contributed by atoms with Crippen molar-refractivity contribution in [3.05, 3.63) is 54.6 Å². The number of rotatable bonds is 4. The lowest BCUT2D eigenvalue weighted by Gasteiger charge is -2.35. The van der Waals surface area contributed by atoms with Gasteiger partial charge in [-0.2, -0.15) is 5.10 Å². The third-order valence-corrected chi connectivity index (χ3v) is 4.55. The lowest BCUT2D eigenvalue weighted by atomic mass is 10.0. The molecule has 0 spiro atoms. The number of carbonyl (C=O) groups is 1. The molecule has 25 heavy (non-hydrogen) atoms. The molecule has 0 N–H and O–H groups in total. The molecular weight excluding hydrogens is 318 g/mol. The largest absolute Gasteiger partial charge is 0.334 e. The summed E-state index contributed by atoms with van der Waals surface area (Å²) < 4.78 is 3.45. The number of aromatic nitrogens is 6. The van der Waals surface area contributed by atoms with Gasteiger partial charge >= 0.3 is 0 Å². The highest BCUT2D eigenvalue weighted by atomic mass is 16.2. The van der Waals surface area contributed by atoms with Crippen LogP contribution < -0.4 is 0 Å². The Morgan fingerprint density at radius 3 is 3.00 bits per heavy atom. The van der Waals surface area contributed by atoms with Crippen LogP contribution in [0.15, 0.2) is 49.1 Å². The highest BCUT2D eigenvalue weighted by molar-refractivity contribution is 5.95. The summed E-state index contributed by atoms with van der Waals surface area (Å²) in [5.41, 5.74) is 1.43. The minimum absolute atomic E-state index is 0.0479. The summed E-state index contributed by atoms with van der Waals surface area (Å²) in [6, 6.07) is 9.48. The van der Waals surface area contributed by atoms with E-state index in [1.54, 1.807) is 10.9 Å². The molecule has 8 nitrogen and oxygen atoms in total. The van der Waals surface area contributed by atoms with Crippen LogP contribution in [0.2, 0.25) is 0 Å². The maximum atomic E-state index is 13.1. The second-order valence-corrected chi connectivity index (χ2v) is 6.18. The number of nitrogens with zero attached hydrogens (tertiary/aromatic N) is 7. The predicted octanol–water partition coefficient (Wildman–Crippen LogP) is 1.55. The number of hydrogen-bond acceptors (Lipinski definition) is 5. The Morgan fingerprint density at radius 2 is 2.20 bits per heavy atom. The lowest BCUT2D eigenvalue weighted by Crippen LogP contribution is -2.45. The van der Waals surface area contributed by atoms with Crippen molar-refractivity contribution in [2.24, 2.45) is 0 Å². The molecule has 1 fully saturated rings. The van der Waals surface area contributed by atoms with E-state index in [2.05, 4.69) is 20.6 Å². The van der Waals surface area contributed by atoms with E-state index < -0.39 is 0 Å². The Hall–Kier alpha value is -3.03. The van der Waals surface area contributed by atoms with E-state index in [4.69, 9.17) is 0 Å². The van der Waals surface area contributed by atoms with Gasteiger partial charge in [0.25, 0.3) is 5.91 Å². The van der Waals surface area contributed by atoms with Crippen molar-refractivity contribution in [3.8, 4) is 5.69 Å². The van der Waals surface area contributed by atoms with Crippen molar-refractivity contribution >= 4 is 5.91 Å². The smallest absolute Gasteiger partial charge is 0.254 e. The molecule has 2 aromatic heterocycles. The number of hydrogen-bond donors (Lipinski definition) is 0. The van der Waals surface area contributed by atoms with Crippen LogP contribution in [0.5, 0.6) is 0 Å². The first-order valence-electron chi connectivity index (χ1n) is 8.43. The fourth-order valence-electron chi connectivity index (χ4n) is 3.31. The van der Waals surface area contributed by atoms with Crippen LogP contribution in [0, 0.1) is 0 Å². The van der Waals surface area contributed by atoms with E-state index in [0.717, 1.165) is 38.0 Å². The molecule has 1 aliphatic heterocycles. The number of carbonyl (C=O) groups excluding carboxylic acids is 1. The first kappa shape index (κ1) is 15.5. The Kier molecular flexibility index (Phi) is 4.24. The lowest BCUT2D eigenvalue weighted by molar-refractivity contribution is 0.0584.